The predicted molar refractivity (Wildman–Crippen MR) is 123 cm³/mol. The van der Waals surface area contributed by atoms with E-state index in [4.69, 9.17) is 14.2 Å². The Balaban J connectivity index is 1.73. The van der Waals surface area contributed by atoms with Crippen LogP contribution in [0.25, 0.3) is 11.3 Å². The van der Waals surface area contributed by atoms with E-state index in [2.05, 4.69) is 26.3 Å². The molecule has 0 unspecified atom stereocenters. The molecular weight excluding hydrogens is 420 g/mol. The van der Waals surface area contributed by atoms with Gasteiger partial charge >= 0.3 is 0 Å². The number of aromatic nitrogens is 4. The first-order valence-electron chi connectivity index (χ1n) is 10.0. The van der Waals surface area contributed by atoms with Crippen molar-refractivity contribution in [2.24, 2.45) is 0 Å². The number of hydrogen-bond donors (Lipinski definition) is 1. The Morgan fingerprint density at radius 2 is 1.82 bits per heavy atom. The Morgan fingerprint density at radius 3 is 2.45 bits per heavy atom. The summed E-state index contributed by atoms with van der Waals surface area (Å²) in [4.78, 5) is 13.1. The molecule has 0 radical (unpaired) electrons. The van der Waals surface area contributed by atoms with Crippen LogP contribution < -0.4 is 19.5 Å². The lowest BCUT2D eigenvalue weighted by Gasteiger charge is -2.15. The summed E-state index contributed by atoms with van der Waals surface area (Å²) in [6.07, 6.45) is 6.88. The summed E-state index contributed by atoms with van der Waals surface area (Å²) in [5, 5.41) is 12.9. The average Bonchev–Trinajstić information content (AvgIpc) is 3.36. The molecule has 9 nitrogen and oxygen atoms in total. The molecule has 0 spiro atoms. The Hall–Kier alpha value is -4.58. The van der Waals surface area contributed by atoms with Crippen molar-refractivity contribution in [1.29, 1.82) is 5.26 Å². The van der Waals surface area contributed by atoms with E-state index in [0.29, 0.717) is 46.7 Å². The number of ether oxygens (including phenoxy) is 3. The van der Waals surface area contributed by atoms with Gasteiger partial charge in [0.05, 0.1) is 45.1 Å². The molecule has 166 valence electrons. The van der Waals surface area contributed by atoms with Crippen LogP contribution in [0.2, 0.25) is 0 Å². The van der Waals surface area contributed by atoms with Crippen molar-refractivity contribution in [3.05, 3.63) is 72.4 Å². The van der Waals surface area contributed by atoms with Gasteiger partial charge in [-0.25, -0.2) is 15.0 Å². The van der Waals surface area contributed by atoms with Crippen molar-refractivity contribution in [3.8, 4) is 34.6 Å². The highest BCUT2D eigenvalue weighted by atomic mass is 16.5. The second-order valence-corrected chi connectivity index (χ2v) is 7.00. The number of anilines is 2. The molecule has 0 aliphatic carbocycles. The highest BCUT2D eigenvalue weighted by Crippen LogP contribution is 2.40. The molecule has 1 N–H and O–H groups in total. The first-order chi connectivity index (χ1) is 16.2. The van der Waals surface area contributed by atoms with Crippen molar-refractivity contribution in [2.45, 2.75) is 6.54 Å². The summed E-state index contributed by atoms with van der Waals surface area (Å²) in [6.45, 7) is 0.598. The smallest absolute Gasteiger partial charge is 0.227 e. The van der Waals surface area contributed by atoms with Crippen molar-refractivity contribution in [2.75, 3.05) is 26.6 Å². The fourth-order valence-electron chi connectivity index (χ4n) is 3.48. The van der Waals surface area contributed by atoms with Crippen LogP contribution in [0.15, 0.2) is 61.3 Å². The highest BCUT2D eigenvalue weighted by molar-refractivity contribution is 5.72. The first-order valence-corrected chi connectivity index (χ1v) is 10.0. The highest BCUT2D eigenvalue weighted by Gasteiger charge is 2.16. The van der Waals surface area contributed by atoms with E-state index in [1.165, 1.54) is 6.20 Å². The van der Waals surface area contributed by atoms with E-state index in [1.807, 2.05) is 35.0 Å². The molecule has 0 aliphatic rings. The number of methoxy groups -OCH3 is 3. The lowest BCUT2D eigenvalue weighted by atomic mass is 10.0. The minimum atomic E-state index is 0.329. The molecule has 0 aliphatic heterocycles. The van der Waals surface area contributed by atoms with Crippen LogP contribution in [0.4, 0.5) is 11.6 Å². The molecule has 0 atom stereocenters. The van der Waals surface area contributed by atoms with E-state index in [0.717, 1.165) is 11.1 Å². The van der Waals surface area contributed by atoms with Gasteiger partial charge in [0.1, 0.15) is 6.07 Å². The number of rotatable bonds is 8. The summed E-state index contributed by atoms with van der Waals surface area (Å²) < 4.78 is 18.2. The van der Waals surface area contributed by atoms with Gasteiger partial charge in [0.25, 0.3) is 0 Å². The normalized spacial score (nSPS) is 10.4. The molecule has 0 fully saturated rings. The summed E-state index contributed by atoms with van der Waals surface area (Å²) in [6, 6.07) is 13.5. The van der Waals surface area contributed by atoms with Crippen LogP contribution in [0.5, 0.6) is 17.2 Å². The van der Waals surface area contributed by atoms with Crippen LogP contribution in [-0.4, -0.2) is 40.8 Å². The van der Waals surface area contributed by atoms with Crippen LogP contribution >= 0.6 is 0 Å². The molecular formula is C24H22N6O3. The number of imidazole rings is 1. The molecule has 2 aromatic carbocycles. The third-order valence-electron chi connectivity index (χ3n) is 5.01. The summed E-state index contributed by atoms with van der Waals surface area (Å²) in [5.74, 6) is 1.81. The van der Waals surface area contributed by atoms with Gasteiger partial charge in [0, 0.05) is 42.3 Å². The second-order valence-electron chi connectivity index (χ2n) is 7.00. The van der Waals surface area contributed by atoms with Crippen LogP contribution in [0, 0.1) is 11.3 Å². The lowest BCUT2D eigenvalue weighted by Crippen LogP contribution is -2.04. The van der Waals surface area contributed by atoms with E-state index in [9.17, 15) is 5.26 Å². The molecule has 2 aromatic heterocycles. The van der Waals surface area contributed by atoms with Crippen LogP contribution in [-0.2, 0) is 6.54 Å². The average molecular weight is 442 g/mol. The third-order valence-corrected chi connectivity index (χ3v) is 5.01. The standard InChI is InChI=1S/C24H22N6O3/c1-31-20-10-18(11-21(32-2)23(20)33-3)28-24-27-13-17(12-25)22(29-24)19-7-5-4-6-16(19)14-30-9-8-26-15-30/h4-11,13,15H,14H2,1-3H3,(H,27,28,29). The Kier molecular flexibility index (Phi) is 6.36. The fraction of sp³-hybridized carbons (Fsp3) is 0.167. The van der Waals surface area contributed by atoms with Gasteiger partial charge in [-0.15, -0.1) is 0 Å². The quantitative estimate of drug-likeness (QED) is 0.436. The maximum atomic E-state index is 9.69. The lowest BCUT2D eigenvalue weighted by molar-refractivity contribution is 0.324. The molecule has 2 heterocycles. The number of hydrogen-bond acceptors (Lipinski definition) is 8. The molecule has 33 heavy (non-hydrogen) atoms. The van der Waals surface area contributed by atoms with Crippen molar-refractivity contribution in [3.63, 3.8) is 0 Å². The van der Waals surface area contributed by atoms with Gasteiger partial charge in [-0.3, -0.25) is 0 Å². The summed E-state index contributed by atoms with van der Waals surface area (Å²) in [7, 11) is 4.65. The molecule has 0 bridgehead atoms. The largest absolute Gasteiger partial charge is 0.493 e. The van der Waals surface area contributed by atoms with Gasteiger partial charge in [0.15, 0.2) is 11.5 Å². The third kappa shape index (κ3) is 4.55. The van der Waals surface area contributed by atoms with Gasteiger partial charge in [-0.05, 0) is 5.56 Å². The minimum Gasteiger partial charge on any atom is -0.493 e. The topological polar surface area (TPSA) is 107 Å². The first kappa shape index (κ1) is 21.6. The van der Waals surface area contributed by atoms with E-state index in [-0.39, 0.29) is 0 Å². The van der Waals surface area contributed by atoms with Gasteiger partial charge in [0.2, 0.25) is 11.7 Å². The minimum absolute atomic E-state index is 0.329. The zero-order valence-electron chi connectivity index (χ0n) is 18.4. The number of nitriles is 1. The van der Waals surface area contributed by atoms with Gasteiger partial charge in [-0.1, -0.05) is 24.3 Å². The number of benzene rings is 2. The van der Waals surface area contributed by atoms with Gasteiger partial charge < -0.3 is 24.1 Å². The van der Waals surface area contributed by atoms with E-state index in [1.54, 1.807) is 46.0 Å². The van der Waals surface area contributed by atoms with Crippen LogP contribution in [0.1, 0.15) is 11.1 Å². The SMILES string of the molecule is COc1cc(Nc2ncc(C#N)c(-c3ccccc3Cn3ccnc3)n2)cc(OC)c1OC. The zero-order valence-corrected chi connectivity index (χ0v) is 18.4. The Morgan fingerprint density at radius 1 is 1.06 bits per heavy atom. The van der Waals surface area contributed by atoms with Crippen molar-refractivity contribution in [1.82, 2.24) is 19.5 Å². The van der Waals surface area contributed by atoms with Crippen molar-refractivity contribution >= 4 is 11.6 Å². The zero-order chi connectivity index (χ0) is 23.2. The Bertz CT molecular complexity index is 1270. The second kappa shape index (κ2) is 9.70. The predicted octanol–water partition coefficient (Wildman–Crippen LogP) is 4.03. The van der Waals surface area contributed by atoms with Crippen molar-refractivity contribution < 1.29 is 14.2 Å². The molecule has 0 amide bonds. The van der Waals surface area contributed by atoms with Gasteiger partial charge in [-0.2, -0.15) is 5.26 Å². The molecule has 0 saturated heterocycles. The fourth-order valence-corrected chi connectivity index (χ4v) is 3.48. The maximum absolute atomic E-state index is 9.69. The van der Waals surface area contributed by atoms with E-state index < -0.39 is 0 Å². The molecule has 4 aromatic rings. The molecule has 9 heteroatoms. The summed E-state index contributed by atoms with van der Waals surface area (Å²) >= 11 is 0. The monoisotopic (exact) mass is 442 g/mol. The number of nitrogens with one attached hydrogen (secondary N) is 1. The van der Waals surface area contributed by atoms with E-state index >= 15 is 0 Å². The van der Waals surface area contributed by atoms with Crippen LogP contribution in [0.3, 0.4) is 0 Å². The summed E-state index contributed by atoms with van der Waals surface area (Å²) in [5.41, 5.74) is 3.41. The molecule has 0 saturated carbocycles. The number of nitrogens with zero attached hydrogens (tertiary/aromatic N) is 5. The Labute approximate surface area is 191 Å². The molecule has 4 rings (SSSR count). The maximum Gasteiger partial charge on any atom is 0.227 e.